The first-order valence-electron chi connectivity index (χ1n) is 1.00. The SMILES string of the molecule is CC.[CH3-].[Pt]. The minimum atomic E-state index is 0. The molecule has 0 aromatic carbocycles. The summed E-state index contributed by atoms with van der Waals surface area (Å²) in [5, 5.41) is 0. The van der Waals surface area contributed by atoms with E-state index in [-0.39, 0.29) is 28.5 Å². The Labute approximate surface area is 42.9 Å². The van der Waals surface area contributed by atoms with Gasteiger partial charge in [0, 0.05) is 21.1 Å². The molecule has 0 aromatic heterocycles. The molecule has 1 heteroatoms. The van der Waals surface area contributed by atoms with Gasteiger partial charge in [-0.1, -0.05) is 13.8 Å². The van der Waals surface area contributed by atoms with Crippen LogP contribution < -0.4 is 0 Å². The van der Waals surface area contributed by atoms with Crippen molar-refractivity contribution in [2.75, 3.05) is 0 Å². The van der Waals surface area contributed by atoms with E-state index in [0.717, 1.165) is 0 Å². The first kappa shape index (κ1) is 22.4. The molecule has 0 saturated carbocycles. The average molecular weight is 240 g/mol. The van der Waals surface area contributed by atoms with E-state index >= 15 is 0 Å². The summed E-state index contributed by atoms with van der Waals surface area (Å²) < 4.78 is 0. The Morgan fingerprint density at radius 3 is 1.00 bits per heavy atom. The van der Waals surface area contributed by atoms with Crippen LogP contribution in [0.2, 0.25) is 0 Å². The zero-order chi connectivity index (χ0) is 2.00. The second-order valence-corrected chi connectivity index (χ2v) is 0. The summed E-state index contributed by atoms with van der Waals surface area (Å²) in [6.07, 6.45) is 0. The molecule has 0 spiro atoms. The van der Waals surface area contributed by atoms with Crippen LogP contribution >= 0.6 is 0 Å². The maximum Gasteiger partial charge on any atom is 0 e. The van der Waals surface area contributed by atoms with Crippen LogP contribution in [0.4, 0.5) is 0 Å². The van der Waals surface area contributed by atoms with Gasteiger partial charge < -0.3 is 7.43 Å². The standard InChI is InChI=1S/C2H6.CH3.Pt/c1-2;;/h1-2H3;1H3;/q;-1;. The molecule has 32 valence electrons. The normalized spacial score (nSPS) is 1.50. The minimum Gasteiger partial charge on any atom is -0.358 e. The van der Waals surface area contributed by atoms with Gasteiger partial charge in [-0.05, 0) is 0 Å². The van der Waals surface area contributed by atoms with E-state index in [2.05, 4.69) is 0 Å². The molecule has 0 atom stereocenters. The van der Waals surface area contributed by atoms with Gasteiger partial charge in [0.05, 0.1) is 0 Å². The number of rotatable bonds is 0. The van der Waals surface area contributed by atoms with Crippen molar-refractivity contribution in [1.29, 1.82) is 0 Å². The molecule has 0 unspecified atom stereocenters. The van der Waals surface area contributed by atoms with Crippen LogP contribution in [-0.4, -0.2) is 0 Å². The summed E-state index contributed by atoms with van der Waals surface area (Å²) >= 11 is 0. The Morgan fingerprint density at radius 2 is 1.00 bits per heavy atom. The fourth-order valence-electron chi connectivity index (χ4n) is 0. The first-order chi connectivity index (χ1) is 1.00. The molecular formula is C3H9Pt-. The van der Waals surface area contributed by atoms with E-state index < -0.39 is 0 Å². The van der Waals surface area contributed by atoms with E-state index in [9.17, 15) is 0 Å². The zero-order valence-electron chi connectivity index (χ0n) is 3.32. The van der Waals surface area contributed by atoms with Crippen LogP contribution in [0, 0.1) is 7.43 Å². The summed E-state index contributed by atoms with van der Waals surface area (Å²) in [6, 6.07) is 0. The predicted molar refractivity (Wildman–Crippen MR) is 17.8 cm³/mol. The van der Waals surface area contributed by atoms with Crippen LogP contribution in [0.15, 0.2) is 0 Å². The zero-order valence-corrected chi connectivity index (χ0v) is 5.59. The second kappa shape index (κ2) is 56.3. The van der Waals surface area contributed by atoms with E-state index in [1.54, 1.807) is 0 Å². The van der Waals surface area contributed by atoms with Crippen molar-refractivity contribution in [3.05, 3.63) is 7.43 Å². The molecule has 0 fully saturated rings. The molecule has 0 aliphatic carbocycles. The molecule has 0 amide bonds. The molecule has 0 nitrogen and oxygen atoms in total. The van der Waals surface area contributed by atoms with Crippen LogP contribution in [-0.2, 0) is 21.1 Å². The average Bonchev–Trinajstić information content (AvgIpc) is 1.00. The third-order valence-corrected chi connectivity index (χ3v) is 0. The Balaban J connectivity index is -0.00000000500. The summed E-state index contributed by atoms with van der Waals surface area (Å²) in [6.45, 7) is 4.00. The van der Waals surface area contributed by atoms with Crippen molar-refractivity contribution in [3.63, 3.8) is 0 Å². The van der Waals surface area contributed by atoms with Crippen molar-refractivity contribution in [1.82, 2.24) is 0 Å². The summed E-state index contributed by atoms with van der Waals surface area (Å²) in [7, 11) is 0. The molecule has 0 bridgehead atoms. The van der Waals surface area contributed by atoms with Gasteiger partial charge in [0.25, 0.3) is 0 Å². The van der Waals surface area contributed by atoms with Gasteiger partial charge in [-0.3, -0.25) is 0 Å². The smallest absolute Gasteiger partial charge is 0 e. The first-order valence-corrected chi connectivity index (χ1v) is 1.00. The third-order valence-electron chi connectivity index (χ3n) is 0. The fourth-order valence-corrected chi connectivity index (χ4v) is 0. The van der Waals surface area contributed by atoms with Crippen LogP contribution in [0.3, 0.4) is 0 Å². The van der Waals surface area contributed by atoms with Gasteiger partial charge in [0.2, 0.25) is 0 Å². The molecule has 0 heterocycles. The Hall–Kier alpha value is 0.688. The van der Waals surface area contributed by atoms with Gasteiger partial charge in [-0.25, -0.2) is 0 Å². The molecule has 4 heavy (non-hydrogen) atoms. The van der Waals surface area contributed by atoms with Gasteiger partial charge in [0.1, 0.15) is 0 Å². The third kappa shape index (κ3) is 16.2. The van der Waals surface area contributed by atoms with Gasteiger partial charge in [-0.15, -0.1) is 0 Å². The Bertz CT molecular complexity index is 3.25. The van der Waals surface area contributed by atoms with Gasteiger partial charge in [-0.2, -0.15) is 0 Å². The molecule has 0 radical (unpaired) electrons. The summed E-state index contributed by atoms with van der Waals surface area (Å²) in [5.41, 5.74) is 0. The quantitative estimate of drug-likeness (QED) is 0.562. The summed E-state index contributed by atoms with van der Waals surface area (Å²) in [5.74, 6) is 0. The van der Waals surface area contributed by atoms with Crippen molar-refractivity contribution in [2.24, 2.45) is 0 Å². The minimum absolute atomic E-state index is 0. The van der Waals surface area contributed by atoms with Gasteiger partial charge in [0.15, 0.2) is 0 Å². The Kier molecular flexibility index (Phi) is 315. The molecule has 0 aliphatic rings. The van der Waals surface area contributed by atoms with Gasteiger partial charge >= 0.3 is 0 Å². The largest absolute Gasteiger partial charge is 0.358 e. The molecule has 0 aromatic rings. The Morgan fingerprint density at radius 1 is 1.00 bits per heavy atom. The maximum atomic E-state index is 2.00. The molecular weight excluding hydrogens is 231 g/mol. The van der Waals surface area contributed by atoms with E-state index in [1.165, 1.54) is 0 Å². The molecule has 0 rings (SSSR count). The van der Waals surface area contributed by atoms with E-state index in [0.29, 0.717) is 0 Å². The monoisotopic (exact) mass is 240 g/mol. The van der Waals surface area contributed by atoms with Crippen molar-refractivity contribution in [3.8, 4) is 0 Å². The van der Waals surface area contributed by atoms with Crippen molar-refractivity contribution < 1.29 is 21.1 Å². The second-order valence-electron chi connectivity index (χ2n) is 0. The predicted octanol–water partition coefficient (Wildman–Crippen LogP) is 1.47. The number of hydrogen-bond acceptors (Lipinski definition) is 0. The van der Waals surface area contributed by atoms with Crippen molar-refractivity contribution >= 4 is 0 Å². The van der Waals surface area contributed by atoms with Crippen LogP contribution in [0.25, 0.3) is 0 Å². The van der Waals surface area contributed by atoms with E-state index in [1.807, 2.05) is 13.8 Å². The maximum absolute atomic E-state index is 2.00. The van der Waals surface area contributed by atoms with E-state index in [4.69, 9.17) is 0 Å². The van der Waals surface area contributed by atoms with Crippen molar-refractivity contribution in [2.45, 2.75) is 13.8 Å². The van der Waals surface area contributed by atoms with Crippen LogP contribution in [0.5, 0.6) is 0 Å². The molecule has 0 N–H and O–H groups in total. The topological polar surface area (TPSA) is 0 Å². The summed E-state index contributed by atoms with van der Waals surface area (Å²) in [4.78, 5) is 0. The number of hydrogen-bond donors (Lipinski definition) is 0. The fraction of sp³-hybridized carbons (Fsp3) is 0.667. The molecule has 0 aliphatic heterocycles. The molecule has 0 saturated heterocycles. The van der Waals surface area contributed by atoms with Crippen LogP contribution in [0.1, 0.15) is 13.8 Å².